The number of nitrogens with one attached hydrogen (secondary N) is 1. The van der Waals surface area contributed by atoms with Crippen LogP contribution in [0.3, 0.4) is 0 Å². The highest BCUT2D eigenvalue weighted by molar-refractivity contribution is 6.04. The Morgan fingerprint density at radius 3 is 2.83 bits per heavy atom. The smallest absolute Gasteiger partial charge is 0.258 e. The number of fused-ring (bicyclic) bond motifs is 1. The van der Waals surface area contributed by atoms with Gasteiger partial charge in [0, 0.05) is 12.1 Å². The molecule has 2 aromatic carbocycles. The molecule has 0 bridgehead atoms. The summed E-state index contributed by atoms with van der Waals surface area (Å²) in [4.78, 5) is 27.6. The second kappa shape index (κ2) is 7.04. The number of amides is 1. The molecule has 24 heavy (non-hydrogen) atoms. The van der Waals surface area contributed by atoms with E-state index in [1.165, 1.54) is 6.07 Å². The van der Waals surface area contributed by atoms with Crippen LogP contribution in [0, 0.1) is 4.91 Å². The average Bonchev–Trinajstić information content (AvgIpc) is 2.97. The number of aromatic nitrogens is 2. The summed E-state index contributed by atoms with van der Waals surface area (Å²) in [5, 5.41) is 5.71. The number of nitroso groups, excluding NO2 is 1. The van der Waals surface area contributed by atoms with Crippen molar-refractivity contribution in [2.75, 3.05) is 5.32 Å². The minimum Gasteiger partial charge on any atom is -0.310 e. The summed E-state index contributed by atoms with van der Waals surface area (Å²) in [6.45, 7) is 2.90. The first-order valence-electron chi connectivity index (χ1n) is 7.93. The summed E-state index contributed by atoms with van der Waals surface area (Å²) < 4.78 is 2.01. The highest BCUT2D eigenvalue weighted by atomic mass is 16.3. The molecule has 0 radical (unpaired) electrons. The maximum atomic E-state index is 12.5. The lowest BCUT2D eigenvalue weighted by atomic mass is 10.2. The third-order valence-electron chi connectivity index (χ3n) is 3.83. The highest BCUT2D eigenvalue weighted by Crippen LogP contribution is 2.21. The number of carbonyl (C=O) groups is 1. The topological polar surface area (TPSA) is 76.3 Å². The zero-order valence-corrected chi connectivity index (χ0v) is 13.4. The first kappa shape index (κ1) is 15.9. The molecule has 1 amide bonds. The predicted octanol–water partition coefficient (Wildman–Crippen LogP) is 4.49. The molecule has 1 heterocycles. The van der Waals surface area contributed by atoms with Crippen molar-refractivity contribution >= 4 is 28.6 Å². The maximum absolute atomic E-state index is 12.5. The van der Waals surface area contributed by atoms with Crippen LogP contribution in [-0.2, 0) is 6.54 Å². The monoisotopic (exact) mass is 322 g/mol. The summed E-state index contributed by atoms with van der Waals surface area (Å²) in [5.74, 6) is 0.202. The molecule has 1 aromatic heterocycles. The van der Waals surface area contributed by atoms with Crippen molar-refractivity contribution in [1.82, 2.24) is 9.55 Å². The molecule has 0 aliphatic carbocycles. The first-order valence-corrected chi connectivity index (χ1v) is 7.93. The van der Waals surface area contributed by atoms with E-state index in [2.05, 4.69) is 22.4 Å². The average molecular weight is 322 g/mol. The minimum atomic E-state index is -0.312. The van der Waals surface area contributed by atoms with Crippen molar-refractivity contribution in [3.05, 3.63) is 59.0 Å². The molecule has 122 valence electrons. The lowest BCUT2D eigenvalue weighted by Gasteiger charge is -2.09. The number of anilines is 1. The molecule has 0 saturated carbocycles. The fraction of sp³-hybridized carbons (Fsp3) is 0.222. The van der Waals surface area contributed by atoms with Crippen LogP contribution in [0.2, 0.25) is 0 Å². The number of nitrogens with zero attached hydrogens (tertiary/aromatic N) is 3. The number of rotatable bonds is 6. The third-order valence-corrected chi connectivity index (χ3v) is 3.83. The third kappa shape index (κ3) is 3.17. The van der Waals surface area contributed by atoms with Gasteiger partial charge in [0.15, 0.2) is 0 Å². The fourth-order valence-electron chi connectivity index (χ4n) is 2.59. The molecule has 0 aliphatic rings. The van der Waals surface area contributed by atoms with Gasteiger partial charge in [0.25, 0.3) is 5.91 Å². The molecule has 6 heteroatoms. The fourth-order valence-corrected chi connectivity index (χ4v) is 2.59. The standard InChI is InChI=1S/C18H18N4O2/c1-2-3-11-22-16-10-5-4-9-15(16)19-18(22)20-17(23)13-7-6-8-14(12-13)21-24/h4-10,12H,2-3,11H2,1H3,(H,19,20,23). The Balaban J connectivity index is 1.93. The summed E-state index contributed by atoms with van der Waals surface area (Å²) >= 11 is 0. The maximum Gasteiger partial charge on any atom is 0.258 e. The van der Waals surface area contributed by atoms with E-state index < -0.39 is 0 Å². The summed E-state index contributed by atoms with van der Waals surface area (Å²) in [5.41, 5.74) is 2.43. The van der Waals surface area contributed by atoms with Crippen molar-refractivity contribution in [3.8, 4) is 0 Å². The second-order valence-electron chi connectivity index (χ2n) is 5.53. The van der Waals surface area contributed by atoms with Crippen LogP contribution >= 0.6 is 0 Å². The van der Waals surface area contributed by atoms with E-state index in [1.54, 1.807) is 18.2 Å². The van der Waals surface area contributed by atoms with Gasteiger partial charge in [-0.1, -0.05) is 31.5 Å². The zero-order valence-electron chi connectivity index (χ0n) is 13.4. The lowest BCUT2D eigenvalue weighted by molar-refractivity contribution is 0.102. The molecule has 0 unspecified atom stereocenters. The number of para-hydroxylation sites is 2. The van der Waals surface area contributed by atoms with Crippen LogP contribution in [0.5, 0.6) is 0 Å². The number of benzene rings is 2. The number of hydrogen-bond acceptors (Lipinski definition) is 4. The predicted molar refractivity (Wildman–Crippen MR) is 94.5 cm³/mol. The Kier molecular flexibility index (Phi) is 4.65. The summed E-state index contributed by atoms with van der Waals surface area (Å²) in [6.07, 6.45) is 2.04. The molecule has 3 rings (SSSR count). The van der Waals surface area contributed by atoms with Crippen molar-refractivity contribution in [2.45, 2.75) is 26.3 Å². The normalized spacial score (nSPS) is 10.7. The molecule has 0 atom stereocenters. The Morgan fingerprint density at radius 2 is 2.04 bits per heavy atom. The molecule has 6 nitrogen and oxygen atoms in total. The Bertz CT molecular complexity index is 886. The van der Waals surface area contributed by atoms with Gasteiger partial charge >= 0.3 is 0 Å². The van der Waals surface area contributed by atoms with Crippen LogP contribution in [0.1, 0.15) is 30.1 Å². The number of imidazole rings is 1. The molecule has 0 aliphatic heterocycles. The van der Waals surface area contributed by atoms with E-state index in [4.69, 9.17) is 0 Å². The number of unbranched alkanes of at least 4 members (excludes halogenated alkanes) is 1. The van der Waals surface area contributed by atoms with Gasteiger partial charge in [0.05, 0.1) is 11.0 Å². The molecule has 0 spiro atoms. The molecule has 0 fully saturated rings. The van der Waals surface area contributed by atoms with Gasteiger partial charge in [-0.25, -0.2) is 4.98 Å². The second-order valence-corrected chi connectivity index (χ2v) is 5.53. The van der Waals surface area contributed by atoms with Crippen LogP contribution in [0.4, 0.5) is 11.6 Å². The quantitative estimate of drug-likeness (QED) is 0.679. The van der Waals surface area contributed by atoms with Gasteiger partial charge in [-0.2, -0.15) is 0 Å². The van der Waals surface area contributed by atoms with E-state index in [9.17, 15) is 9.70 Å². The largest absolute Gasteiger partial charge is 0.310 e. The zero-order chi connectivity index (χ0) is 16.9. The Morgan fingerprint density at radius 1 is 1.21 bits per heavy atom. The van der Waals surface area contributed by atoms with Crippen LogP contribution < -0.4 is 5.32 Å². The van der Waals surface area contributed by atoms with Gasteiger partial charge in [-0.3, -0.25) is 10.1 Å². The highest BCUT2D eigenvalue weighted by Gasteiger charge is 2.14. The SMILES string of the molecule is CCCCn1c(NC(=O)c2cccc(N=O)c2)nc2ccccc21. The van der Waals surface area contributed by atoms with Gasteiger partial charge in [-0.15, -0.1) is 4.91 Å². The lowest BCUT2D eigenvalue weighted by Crippen LogP contribution is -2.16. The van der Waals surface area contributed by atoms with Crippen LogP contribution in [0.15, 0.2) is 53.7 Å². The molecule has 1 N–H and O–H groups in total. The van der Waals surface area contributed by atoms with Gasteiger partial charge in [0.1, 0.15) is 5.69 Å². The summed E-state index contributed by atoms with van der Waals surface area (Å²) in [7, 11) is 0. The van der Waals surface area contributed by atoms with E-state index >= 15 is 0 Å². The van der Waals surface area contributed by atoms with Gasteiger partial charge < -0.3 is 4.57 Å². The van der Waals surface area contributed by atoms with Gasteiger partial charge in [0.2, 0.25) is 5.95 Å². The van der Waals surface area contributed by atoms with E-state index in [0.29, 0.717) is 11.5 Å². The molecule has 3 aromatic rings. The van der Waals surface area contributed by atoms with Crippen molar-refractivity contribution in [2.24, 2.45) is 5.18 Å². The Hall–Kier alpha value is -3.02. The van der Waals surface area contributed by atoms with Gasteiger partial charge in [-0.05, 0) is 41.9 Å². The summed E-state index contributed by atoms with van der Waals surface area (Å²) in [6, 6.07) is 14.1. The van der Waals surface area contributed by atoms with Crippen molar-refractivity contribution in [1.29, 1.82) is 0 Å². The Labute approximate surface area is 139 Å². The van der Waals surface area contributed by atoms with Crippen molar-refractivity contribution < 1.29 is 4.79 Å². The number of carbonyl (C=O) groups excluding carboxylic acids is 1. The number of aryl methyl sites for hydroxylation is 1. The van der Waals surface area contributed by atoms with Crippen LogP contribution in [-0.4, -0.2) is 15.5 Å². The first-order chi connectivity index (χ1) is 11.7. The van der Waals surface area contributed by atoms with Crippen molar-refractivity contribution in [3.63, 3.8) is 0 Å². The molecule has 0 saturated heterocycles. The molecular weight excluding hydrogens is 304 g/mol. The van der Waals surface area contributed by atoms with E-state index in [-0.39, 0.29) is 11.6 Å². The van der Waals surface area contributed by atoms with E-state index in [0.717, 1.165) is 30.4 Å². The minimum absolute atomic E-state index is 0.224. The molecular formula is C18H18N4O2. The van der Waals surface area contributed by atoms with E-state index in [1.807, 2.05) is 28.8 Å². The van der Waals surface area contributed by atoms with Crippen LogP contribution in [0.25, 0.3) is 11.0 Å². The number of hydrogen-bond donors (Lipinski definition) is 1.